The zero-order valence-corrected chi connectivity index (χ0v) is 10.8. The molecule has 0 aliphatic carbocycles. The predicted octanol–water partition coefficient (Wildman–Crippen LogP) is -0.866. The first-order valence-electron chi connectivity index (χ1n) is 5.51. The van der Waals surface area contributed by atoms with Gasteiger partial charge in [-0.1, -0.05) is 0 Å². The number of hydrogen-bond acceptors (Lipinski definition) is 6. The van der Waals surface area contributed by atoms with Crippen LogP contribution in [0.25, 0.3) is 0 Å². The lowest BCUT2D eigenvalue weighted by molar-refractivity contribution is 0.533. The number of sulfone groups is 1. The van der Waals surface area contributed by atoms with Gasteiger partial charge >= 0.3 is 0 Å². The fraction of sp³-hybridized carbons (Fsp3) is 0.778. The van der Waals surface area contributed by atoms with Crippen LogP contribution in [0.3, 0.4) is 0 Å². The Balaban J connectivity index is 1.92. The highest BCUT2D eigenvalue weighted by Gasteiger charge is 2.27. The minimum atomic E-state index is -2.83. The standard InChI is InChI=1S/C9H17N5O2S/c1-10-9-13-12-8(14(9)2)5-11-7-3-4-17(15,16)6-7/h7,11H,3-6H2,1-2H3,(H,10,13). The first-order valence-corrected chi connectivity index (χ1v) is 7.34. The van der Waals surface area contributed by atoms with E-state index in [4.69, 9.17) is 0 Å². The summed E-state index contributed by atoms with van der Waals surface area (Å²) >= 11 is 0. The average molecular weight is 259 g/mol. The zero-order chi connectivity index (χ0) is 12.5. The second-order valence-electron chi connectivity index (χ2n) is 4.23. The average Bonchev–Trinajstić information content (AvgIpc) is 2.79. The third-order valence-electron chi connectivity index (χ3n) is 2.97. The van der Waals surface area contributed by atoms with Crippen LogP contribution in [0.4, 0.5) is 5.95 Å². The van der Waals surface area contributed by atoms with Crippen LogP contribution in [0.5, 0.6) is 0 Å². The van der Waals surface area contributed by atoms with E-state index in [0.29, 0.717) is 18.9 Å². The highest BCUT2D eigenvalue weighted by Crippen LogP contribution is 2.12. The third kappa shape index (κ3) is 2.75. The Morgan fingerprint density at radius 2 is 2.24 bits per heavy atom. The Hall–Kier alpha value is -1.15. The molecule has 0 spiro atoms. The van der Waals surface area contributed by atoms with Gasteiger partial charge in [-0.25, -0.2) is 8.42 Å². The lowest BCUT2D eigenvalue weighted by atomic mass is 10.2. The van der Waals surface area contributed by atoms with E-state index in [0.717, 1.165) is 5.82 Å². The van der Waals surface area contributed by atoms with Gasteiger partial charge in [0.2, 0.25) is 5.95 Å². The molecule has 1 fully saturated rings. The van der Waals surface area contributed by atoms with E-state index in [-0.39, 0.29) is 17.5 Å². The van der Waals surface area contributed by atoms with Gasteiger partial charge in [-0.2, -0.15) is 0 Å². The largest absolute Gasteiger partial charge is 0.357 e. The van der Waals surface area contributed by atoms with Crippen molar-refractivity contribution < 1.29 is 8.42 Å². The van der Waals surface area contributed by atoms with Gasteiger partial charge in [-0.15, -0.1) is 10.2 Å². The van der Waals surface area contributed by atoms with Crippen molar-refractivity contribution in [2.45, 2.75) is 19.0 Å². The van der Waals surface area contributed by atoms with Crippen molar-refractivity contribution in [3.8, 4) is 0 Å². The number of nitrogens with one attached hydrogen (secondary N) is 2. The number of anilines is 1. The van der Waals surface area contributed by atoms with Crippen molar-refractivity contribution in [2.75, 3.05) is 23.9 Å². The van der Waals surface area contributed by atoms with Gasteiger partial charge in [0.05, 0.1) is 18.1 Å². The molecule has 0 radical (unpaired) electrons. The maximum Gasteiger partial charge on any atom is 0.224 e. The van der Waals surface area contributed by atoms with Gasteiger partial charge in [-0.05, 0) is 6.42 Å². The molecular formula is C9H17N5O2S. The Kier molecular flexibility index (Phi) is 3.34. The molecule has 7 nitrogen and oxygen atoms in total. The molecule has 1 aromatic heterocycles. The zero-order valence-electron chi connectivity index (χ0n) is 9.97. The fourth-order valence-corrected chi connectivity index (χ4v) is 3.63. The predicted molar refractivity (Wildman–Crippen MR) is 64.4 cm³/mol. The highest BCUT2D eigenvalue weighted by atomic mass is 32.2. The number of hydrogen-bond donors (Lipinski definition) is 2. The van der Waals surface area contributed by atoms with Crippen LogP contribution in [0.2, 0.25) is 0 Å². The molecule has 1 aliphatic heterocycles. The molecule has 1 unspecified atom stereocenters. The molecule has 1 atom stereocenters. The maximum absolute atomic E-state index is 11.3. The summed E-state index contributed by atoms with van der Waals surface area (Å²) in [6.45, 7) is 0.533. The minimum absolute atomic E-state index is 0.0368. The van der Waals surface area contributed by atoms with Crippen LogP contribution in [-0.2, 0) is 23.4 Å². The van der Waals surface area contributed by atoms with Crippen molar-refractivity contribution in [3.63, 3.8) is 0 Å². The van der Waals surface area contributed by atoms with E-state index in [1.165, 1.54) is 0 Å². The van der Waals surface area contributed by atoms with E-state index in [9.17, 15) is 8.42 Å². The Morgan fingerprint density at radius 1 is 1.47 bits per heavy atom. The van der Waals surface area contributed by atoms with Gasteiger partial charge in [0.25, 0.3) is 0 Å². The van der Waals surface area contributed by atoms with Crippen molar-refractivity contribution in [1.29, 1.82) is 0 Å². The molecule has 0 aromatic carbocycles. The summed E-state index contributed by atoms with van der Waals surface area (Å²) in [5, 5.41) is 14.1. The molecule has 0 saturated carbocycles. The van der Waals surface area contributed by atoms with Gasteiger partial charge < -0.3 is 10.6 Å². The fourth-order valence-electron chi connectivity index (χ4n) is 1.92. The Bertz CT molecular complexity index is 495. The van der Waals surface area contributed by atoms with Crippen molar-refractivity contribution >= 4 is 15.8 Å². The highest BCUT2D eigenvalue weighted by molar-refractivity contribution is 7.91. The minimum Gasteiger partial charge on any atom is -0.357 e. The summed E-state index contributed by atoms with van der Waals surface area (Å²) in [5.41, 5.74) is 0. The quantitative estimate of drug-likeness (QED) is 0.731. The van der Waals surface area contributed by atoms with Crippen LogP contribution >= 0.6 is 0 Å². The molecular weight excluding hydrogens is 242 g/mol. The van der Waals surface area contributed by atoms with Crippen LogP contribution in [-0.4, -0.2) is 47.8 Å². The van der Waals surface area contributed by atoms with Gasteiger partial charge in [0, 0.05) is 20.1 Å². The number of aromatic nitrogens is 3. The van der Waals surface area contributed by atoms with Crippen LogP contribution in [0, 0.1) is 0 Å². The van der Waals surface area contributed by atoms with E-state index in [1.807, 2.05) is 11.6 Å². The molecule has 2 N–H and O–H groups in total. The van der Waals surface area contributed by atoms with Gasteiger partial charge in [0.15, 0.2) is 9.84 Å². The Morgan fingerprint density at radius 3 is 2.76 bits per heavy atom. The lowest BCUT2D eigenvalue weighted by Crippen LogP contribution is -2.30. The molecule has 17 heavy (non-hydrogen) atoms. The normalized spacial score (nSPS) is 22.8. The third-order valence-corrected chi connectivity index (χ3v) is 4.74. The molecule has 0 amide bonds. The summed E-state index contributed by atoms with van der Waals surface area (Å²) in [6.07, 6.45) is 0.680. The molecule has 96 valence electrons. The Labute approximate surface area is 101 Å². The topological polar surface area (TPSA) is 88.9 Å². The van der Waals surface area contributed by atoms with E-state index in [2.05, 4.69) is 20.8 Å². The summed E-state index contributed by atoms with van der Waals surface area (Å²) in [5.74, 6) is 1.99. The van der Waals surface area contributed by atoms with Crippen LogP contribution in [0.1, 0.15) is 12.2 Å². The second-order valence-corrected chi connectivity index (χ2v) is 6.46. The molecule has 1 aliphatic rings. The first kappa shape index (κ1) is 12.3. The maximum atomic E-state index is 11.3. The SMILES string of the molecule is CNc1nnc(CNC2CCS(=O)(=O)C2)n1C. The van der Waals surface area contributed by atoms with Crippen LogP contribution < -0.4 is 10.6 Å². The van der Waals surface area contributed by atoms with E-state index < -0.39 is 9.84 Å². The number of nitrogens with zero attached hydrogens (tertiary/aromatic N) is 3. The second kappa shape index (κ2) is 4.61. The lowest BCUT2D eigenvalue weighted by Gasteiger charge is -2.10. The summed E-state index contributed by atoms with van der Waals surface area (Å²) in [6, 6.07) is 0.0368. The number of rotatable bonds is 4. The van der Waals surface area contributed by atoms with Crippen molar-refractivity contribution in [2.24, 2.45) is 7.05 Å². The molecule has 8 heteroatoms. The monoisotopic (exact) mass is 259 g/mol. The van der Waals surface area contributed by atoms with Crippen molar-refractivity contribution in [3.05, 3.63) is 5.82 Å². The molecule has 2 heterocycles. The first-order chi connectivity index (χ1) is 8.02. The molecule has 1 saturated heterocycles. The summed E-state index contributed by atoms with van der Waals surface area (Å²) < 4.78 is 24.4. The molecule has 1 aromatic rings. The summed E-state index contributed by atoms with van der Waals surface area (Å²) in [7, 11) is 0.825. The van der Waals surface area contributed by atoms with E-state index >= 15 is 0 Å². The summed E-state index contributed by atoms with van der Waals surface area (Å²) in [4.78, 5) is 0. The van der Waals surface area contributed by atoms with Gasteiger partial charge in [-0.3, -0.25) is 4.57 Å². The molecule has 0 bridgehead atoms. The van der Waals surface area contributed by atoms with E-state index in [1.54, 1.807) is 7.05 Å². The van der Waals surface area contributed by atoms with Crippen LogP contribution in [0.15, 0.2) is 0 Å². The molecule has 2 rings (SSSR count). The van der Waals surface area contributed by atoms with Crippen molar-refractivity contribution in [1.82, 2.24) is 20.1 Å². The smallest absolute Gasteiger partial charge is 0.224 e. The van der Waals surface area contributed by atoms with Gasteiger partial charge in [0.1, 0.15) is 5.82 Å².